The third kappa shape index (κ3) is 5.64. The van der Waals surface area contributed by atoms with Crippen molar-refractivity contribution in [3.05, 3.63) is 34.9 Å². The van der Waals surface area contributed by atoms with Gasteiger partial charge in [0.1, 0.15) is 5.75 Å². The summed E-state index contributed by atoms with van der Waals surface area (Å²) >= 11 is 6.10. The zero-order valence-corrected chi connectivity index (χ0v) is 15.9. The van der Waals surface area contributed by atoms with Gasteiger partial charge in [0.15, 0.2) is 0 Å². The van der Waals surface area contributed by atoms with Crippen LogP contribution in [0, 0.1) is 6.92 Å². The van der Waals surface area contributed by atoms with Crippen molar-refractivity contribution in [2.45, 2.75) is 6.92 Å². The third-order valence-electron chi connectivity index (χ3n) is 4.28. The first kappa shape index (κ1) is 20.1. The van der Waals surface area contributed by atoms with Crippen LogP contribution in [0.25, 0.3) is 0 Å². The molecule has 0 unspecified atom stereocenters. The number of carbonyl (C=O) groups excluding carboxylic acids is 2. The molecule has 2 amide bonds. The normalized spacial score (nSPS) is 15.3. The van der Waals surface area contributed by atoms with Gasteiger partial charge in [-0.05, 0) is 24.6 Å². The number of nitrogens with zero attached hydrogens (tertiary/aromatic N) is 2. The summed E-state index contributed by atoms with van der Waals surface area (Å²) in [4.78, 5) is 27.1. The second kappa shape index (κ2) is 9.45. The number of carbonyl (C=O) groups is 2. The number of nitrogens with one attached hydrogen (secondary N) is 1. The lowest BCUT2D eigenvalue weighted by Gasteiger charge is -2.34. The standard InChI is InChI=1S/C18H25ClN4O3/c1-13-10-15(16(26-2)11-14(13)19)21-12-18(25)23-8-6-22(7-9-23)5-3-4-17(20)24/h3-4,10-11,21H,5-9,12H2,1-2H3,(H2,20,24)/b4-3+. The number of benzene rings is 1. The van der Waals surface area contributed by atoms with Crippen LogP contribution in [0.1, 0.15) is 5.56 Å². The molecule has 1 fully saturated rings. The van der Waals surface area contributed by atoms with Crippen molar-refractivity contribution < 1.29 is 14.3 Å². The maximum absolute atomic E-state index is 12.4. The highest BCUT2D eigenvalue weighted by atomic mass is 35.5. The van der Waals surface area contributed by atoms with Gasteiger partial charge in [0.05, 0.1) is 19.3 Å². The number of piperazine rings is 1. The first-order chi connectivity index (χ1) is 12.4. The van der Waals surface area contributed by atoms with Gasteiger partial charge in [-0.25, -0.2) is 0 Å². The number of primary amides is 1. The minimum Gasteiger partial charge on any atom is -0.495 e. The molecular formula is C18H25ClN4O3. The third-order valence-corrected chi connectivity index (χ3v) is 4.69. The number of methoxy groups -OCH3 is 1. The van der Waals surface area contributed by atoms with Crippen LogP contribution in [-0.2, 0) is 9.59 Å². The lowest BCUT2D eigenvalue weighted by Crippen LogP contribution is -2.50. The maximum Gasteiger partial charge on any atom is 0.241 e. The molecule has 1 aromatic carbocycles. The van der Waals surface area contributed by atoms with E-state index in [4.69, 9.17) is 22.1 Å². The summed E-state index contributed by atoms with van der Waals surface area (Å²) < 4.78 is 5.31. The lowest BCUT2D eigenvalue weighted by molar-refractivity contribution is -0.130. The van der Waals surface area contributed by atoms with Crippen molar-refractivity contribution >= 4 is 29.1 Å². The van der Waals surface area contributed by atoms with Crippen molar-refractivity contribution in [1.29, 1.82) is 0 Å². The van der Waals surface area contributed by atoms with Gasteiger partial charge in [0, 0.05) is 43.8 Å². The Balaban J connectivity index is 1.83. The molecule has 0 spiro atoms. The molecule has 1 aliphatic rings. The summed E-state index contributed by atoms with van der Waals surface area (Å²) in [6, 6.07) is 3.61. The highest BCUT2D eigenvalue weighted by Crippen LogP contribution is 2.30. The van der Waals surface area contributed by atoms with Crippen LogP contribution in [0.5, 0.6) is 5.75 Å². The fourth-order valence-corrected chi connectivity index (χ4v) is 2.90. The molecule has 142 valence electrons. The molecule has 1 saturated heterocycles. The van der Waals surface area contributed by atoms with Gasteiger partial charge in [-0.2, -0.15) is 0 Å². The Kier molecular flexibility index (Phi) is 7.29. The number of nitrogens with two attached hydrogens (primary N) is 1. The van der Waals surface area contributed by atoms with E-state index in [1.54, 1.807) is 19.3 Å². The number of ether oxygens (including phenoxy) is 1. The van der Waals surface area contributed by atoms with Gasteiger partial charge >= 0.3 is 0 Å². The largest absolute Gasteiger partial charge is 0.495 e. The van der Waals surface area contributed by atoms with Crippen LogP contribution < -0.4 is 15.8 Å². The summed E-state index contributed by atoms with van der Waals surface area (Å²) in [6.45, 7) is 5.59. The quantitative estimate of drug-likeness (QED) is 0.695. The van der Waals surface area contributed by atoms with E-state index in [1.165, 1.54) is 6.08 Å². The molecule has 8 heteroatoms. The van der Waals surface area contributed by atoms with Crippen molar-refractivity contribution in [2.24, 2.45) is 5.73 Å². The first-order valence-electron chi connectivity index (χ1n) is 8.45. The van der Waals surface area contributed by atoms with Gasteiger partial charge in [-0.3, -0.25) is 14.5 Å². The Morgan fingerprint density at radius 3 is 2.62 bits per heavy atom. The molecule has 1 aromatic rings. The van der Waals surface area contributed by atoms with Crippen molar-refractivity contribution in [3.8, 4) is 5.75 Å². The Labute approximate surface area is 158 Å². The van der Waals surface area contributed by atoms with Crippen molar-refractivity contribution in [2.75, 3.05) is 51.7 Å². The van der Waals surface area contributed by atoms with E-state index in [1.807, 2.05) is 17.9 Å². The molecule has 0 atom stereocenters. The van der Waals surface area contributed by atoms with E-state index in [-0.39, 0.29) is 12.5 Å². The summed E-state index contributed by atoms with van der Waals surface area (Å²) in [7, 11) is 1.57. The minimum atomic E-state index is -0.447. The number of halogens is 1. The van der Waals surface area contributed by atoms with Crippen LogP contribution in [0.15, 0.2) is 24.3 Å². The van der Waals surface area contributed by atoms with Crippen LogP contribution in [0.3, 0.4) is 0 Å². The molecule has 26 heavy (non-hydrogen) atoms. The topological polar surface area (TPSA) is 87.9 Å². The molecule has 2 rings (SSSR count). The second-order valence-corrected chi connectivity index (χ2v) is 6.55. The first-order valence-corrected chi connectivity index (χ1v) is 8.82. The predicted molar refractivity (Wildman–Crippen MR) is 103 cm³/mol. The molecule has 0 saturated carbocycles. The zero-order valence-electron chi connectivity index (χ0n) is 15.1. The Morgan fingerprint density at radius 2 is 2.00 bits per heavy atom. The van der Waals surface area contributed by atoms with Gasteiger partial charge < -0.3 is 20.7 Å². The minimum absolute atomic E-state index is 0.0342. The van der Waals surface area contributed by atoms with Gasteiger partial charge in [-0.15, -0.1) is 0 Å². The van der Waals surface area contributed by atoms with Gasteiger partial charge in [0.25, 0.3) is 0 Å². The van der Waals surface area contributed by atoms with Gasteiger partial charge in [0.2, 0.25) is 11.8 Å². The highest BCUT2D eigenvalue weighted by Gasteiger charge is 2.20. The summed E-state index contributed by atoms with van der Waals surface area (Å²) in [6.07, 6.45) is 3.11. The van der Waals surface area contributed by atoms with E-state index in [9.17, 15) is 9.59 Å². The Hall–Kier alpha value is -2.25. The summed E-state index contributed by atoms with van der Waals surface area (Å²) in [5.41, 5.74) is 6.73. The number of amides is 2. The van der Waals surface area contributed by atoms with E-state index < -0.39 is 5.91 Å². The number of aryl methyl sites for hydroxylation is 1. The number of anilines is 1. The molecule has 0 radical (unpaired) electrons. The van der Waals surface area contributed by atoms with E-state index >= 15 is 0 Å². The van der Waals surface area contributed by atoms with Crippen LogP contribution >= 0.6 is 11.6 Å². The predicted octanol–water partition coefficient (Wildman–Crippen LogP) is 1.25. The lowest BCUT2D eigenvalue weighted by atomic mass is 10.2. The summed E-state index contributed by atoms with van der Waals surface area (Å²) in [5.74, 6) is 0.198. The second-order valence-electron chi connectivity index (χ2n) is 6.14. The van der Waals surface area contributed by atoms with Crippen LogP contribution in [0.4, 0.5) is 5.69 Å². The average molecular weight is 381 g/mol. The smallest absolute Gasteiger partial charge is 0.241 e. The van der Waals surface area contributed by atoms with Crippen molar-refractivity contribution in [3.63, 3.8) is 0 Å². The number of hydrogen-bond donors (Lipinski definition) is 2. The molecule has 1 heterocycles. The molecule has 0 aromatic heterocycles. The van der Waals surface area contributed by atoms with Crippen molar-refractivity contribution in [1.82, 2.24) is 9.80 Å². The monoisotopic (exact) mass is 380 g/mol. The van der Waals surface area contributed by atoms with Crippen LogP contribution in [0.2, 0.25) is 5.02 Å². The summed E-state index contributed by atoms with van der Waals surface area (Å²) in [5, 5.41) is 3.76. The van der Waals surface area contributed by atoms with E-state index in [2.05, 4.69) is 10.2 Å². The molecule has 0 bridgehead atoms. The molecule has 7 nitrogen and oxygen atoms in total. The Bertz CT molecular complexity index is 685. The SMILES string of the molecule is COc1cc(Cl)c(C)cc1NCC(=O)N1CCN(C/C=C/C(N)=O)CC1. The number of rotatable bonds is 7. The van der Waals surface area contributed by atoms with E-state index in [0.29, 0.717) is 30.4 Å². The fourth-order valence-electron chi connectivity index (χ4n) is 2.75. The highest BCUT2D eigenvalue weighted by molar-refractivity contribution is 6.31. The maximum atomic E-state index is 12.4. The van der Waals surface area contributed by atoms with Gasteiger partial charge in [-0.1, -0.05) is 17.7 Å². The molecule has 1 aliphatic heterocycles. The molecular weight excluding hydrogens is 356 g/mol. The fraction of sp³-hybridized carbons (Fsp3) is 0.444. The zero-order chi connectivity index (χ0) is 19.1. The number of hydrogen-bond acceptors (Lipinski definition) is 5. The Morgan fingerprint density at radius 1 is 1.31 bits per heavy atom. The van der Waals surface area contributed by atoms with Crippen LogP contribution in [-0.4, -0.2) is 68.0 Å². The molecule has 3 N–H and O–H groups in total. The van der Waals surface area contributed by atoms with E-state index in [0.717, 1.165) is 24.3 Å². The molecule has 0 aliphatic carbocycles. The average Bonchev–Trinajstić information content (AvgIpc) is 2.62.